The van der Waals surface area contributed by atoms with E-state index in [1.807, 2.05) is 13.8 Å². The number of nitrogens with one attached hydrogen (secondary N) is 2. The normalized spacial score (nSPS) is 11.6. The number of hydrogen-bond acceptors (Lipinski definition) is 6. The van der Waals surface area contributed by atoms with E-state index in [0.717, 1.165) is 0 Å². The highest BCUT2D eigenvalue weighted by atomic mass is 32.2. The lowest BCUT2D eigenvalue weighted by atomic mass is 10.2. The Morgan fingerprint density at radius 1 is 1.19 bits per heavy atom. The molecule has 0 amide bonds. The Morgan fingerprint density at radius 2 is 1.93 bits per heavy atom. The van der Waals surface area contributed by atoms with Crippen molar-refractivity contribution in [2.45, 2.75) is 39.0 Å². The fraction of sp³-hybridized carbons (Fsp3) is 0.333. The Morgan fingerprint density at radius 3 is 2.59 bits per heavy atom. The summed E-state index contributed by atoms with van der Waals surface area (Å²) in [5, 5.41) is 3.87. The number of rotatable bonds is 7. The standard InChI is InChI=1S/C18H22N4O4S/c1-5-15-20-18(26-21-15)16-11(3)19-12(4)17(16)27(23,24)22-13-9-7-8-10-14(13)25-6-2/h7-10,19,22H,5-6H2,1-4H3. The van der Waals surface area contributed by atoms with Gasteiger partial charge in [-0.1, -0.05) is 24.2 Å². The van der Waals surface area contributed by atoms with Gasteiger partial charge in [-0.2, -0.15) is 4.98 Å². The van der Waals surface area contributed by atoms with Crippen LogP contribution in [0.1, 0.15) is 31.1 Å². The van der Waals surface area contributed by atoms with E-state index in [1.165, 1.54) is 0 Å². The van der Waals surface area contributed by atoms with E-state index in [-0.39, 0.29) is 10.8 Å². The zero-order chi connectivity index (χ0) is 19.6. The third-order valence-electron chi connectivity index (χ3n) is 4.02. The van der Waals surface area contributed by atoms with Gasteiger partial charge in [0.2, 0.25) is 0 Å². The first-order chi connectivity index (χ1) is 12.9. The zero-order valence-electron chi connectivity index (χ0n) is 15.7. The molecule has 0 fully saturated rings. The number of anilines is 1. The molecule has 0 aliphatic heterocycles. The fourth-order valence-corrected chi connectivity index (χ4v) is 4.40. The van der Waals surface area contributed by atoms with Crippen LogP contribution >= 0.6 is 0 Å². The molecule has 0 aliphatic rings. The van der Waals surface area contributed by atoms with Crippen molar-refractivity contribution in [1.29, 1.82) is 0 Å². The Bertz CT molecular complexity index is 1050. The smallest absolute Gasteiger partial charge is 0.264 e. The van der Waals surface area contributed by atoms with E-state index < -0.39 is 10.0 Å². The Kier molecular flexibility index (Phi) is 5.22. The molecule has 27 heavy (non-hydrogen) atoms. The minimum Gasteiger partial charge on any atom is -0.492 e. The maximum atomic E-state index is 13.2. The number of ether oxygens (including phenoxy) is 1. The number of sulfonamides is 1. The largest absolute Gasteiger partial charge is 0.492 e. The van der Waals surface area contributed by atoms with Gasteiger partial charge in [0.05, 0.1) is 17.9 Å². The quantitative estimate of drug-likeness (QED) is 0.639. The molecule has 144 valence electrons. The molecular formula is C18H22N4O4S. The Balaban J connectivity index is 2.08. The molecule has 0 spiro atoms. The first-order valence-electron chi connectivity index (χ1n) is 8.64. The molecule has 1 aromatic carbocycles. The predicted octanol–water partition coefficient (Wildman–Crippen LogP) is 3.44. The zero-order valence-corrected chi connectivity index (χ0v) is 16.5. The first-order valence-corrected chi connectivity index (χ1v) is 10.1. The molecule has 0 bridgehead atoms. The molecule has 0 radical (unpaired) electrons. The maximum absolute atomic E-state index is 13.2. The molecule has 0 aliphatic carbocycles. The van der Waals surface area contributed by atoms with Crippen LogP contribution in [0.5, 0.6) is 5.75 Å². The van der Waals surface area contributed by atoms with Crippen molar-refractivity contribution in [1.82, 2.24) is 15.1 Å². The van der Waals surface area contributed by atoms with Gasteiger partial charge in [-0.05, 0) is 32.9 Å². The summed E-state index contributed by atoms with van der Waals surface area (Å²) in [6, 6.07) is 6.88. The van der Waals surface area contributed by atoms with Gasteiger partial charge in [0.25, 0.3) is 15.9 Å². The summed E-state index contributed by atoms with van der Waals surface area (Å²) >= 11 is 0. The lowest BCUT2D eigenvalue weighted by Crippen LogP contribution is -2.15. The predicted molar refractivity (Wildman–Crippen MR) is 101 cm³/mol. The van der Waals surface area contributed by atoms with Crippen molar-refractivity contribution in [3.05, 3.63) is 41.5 Å². The van der Waals surface area contributed by atoms with Crippen molar-refractivity contribution in [3.63, 3.8) is 0 Å². The average molecular weight is 390 g/mol. The van der Waals surface area contributed by atoms with Gasteiger partial charge in [0.15, 0.2) is 5.82 Å². The molecule has 0 saturated heterocycles. The third kappa shape index (κ3) is 3.68. The lowest BCUT2D eigenvalue weighted by molar-refractivity contribution is 0.342. The highest BCUT2D eigenvalue weighted by molar-refractivity contribution is 7.93. The number of benzene rings is 1. The van der Waals surface area contributed by atoms with Crippen LogP contribution < -0.4 is 9.46 Å². The van der Waals surface area contributed by atoms with E-state index in [1.54, 1.807) is 38.1 Å². The Labute approximate surface area is 158 Å². The summed E-state index contributed by atoms with van der Waals surface area (Å²) in [6.45, 7) is 7.62. The summed E-state index contributed by atoms with van der Waals surface area (Å²) in [5.41, 5.74) is 1.86. The van der Waals surface area contributed by atoms with Gasteiger partial charge in [-0.3, -0.25) is 4.72 Å². The number of hydrogen-bond donors (Lipinski definition) is 2. The van der Waals surface area contributed by atoms with Gasteiger partial charge < -0.3 is 14.2 Å². The van der Waals surface area contributed by atoms with E-state index in [0.29, 0.717) is 47.2 Å². The highest BCUT2D eigenvalue weighted by Gasteiger charge is 2.29. The average Bonchev–Trinajstić information content (AvgIpc) is 3.20. The van der Waals surface area contributed by atoms with Crippen LogP contribution in [0.4, 0.5) is 5.69 Å². The van der Waals surface area contributed by atoms with Crippen LogP contribution in [-0.4, -0.2) is 30.1 Å². The van der Waals surface area contributed by atoms with Gasteiger partial charge in [0, 0.05) is 17.8 Å². The maximum Gasteiger partial charge on any atom is 0.264 e. The summed E-state index contributed by atoms with van der Waals surface area (Å²) in [6.07, 6.45) is 0.591. The highest BCUT2D eigenvalue weighted by Crippen LogP contribution is 2.35. The molecular weight excluding hydrogens is 368 g/mol. The molecule has 0 saturated carbocycles. The SMILES string of the molecule is CCOc1ccccc1NS(=O)(=O)c1c(C)[nH]c(C)c1-c1nc(CC)no1. The van der Waals surface area contributed by atoms with Crippen LogP contribution in [0.25, 0.3) is 11.5 Å². The molecule has 2 N–H and O–H groups in total. The molecule has 2 heterocycles. The second-order valence-corrected chi connectivity index (χ2v) is 7.60. The van der Waals surface area contributed by atoms with Gasteiger partial charge in [0.1, 0.15) is 10.6 Å². The van der Waals surface area contributed by atoms with E-state index >= 15 is 0 Å². The van der Waals surface area contributed by atoms with E-state index in [9.17, 15) is 8.42 Å². The van der Waals surface area contributed by atoms with Crippen molar-refractivity contribution in [2.75, 3.05) is 11.3 Å². The Hall–Kier alpha value is -2.81. The topological polar surface area (TPSA) is 110 Å². The number of nitrogens with zero attached hydrogens (tertiary/aromatic N) is 2. The summed E-state index contributed by atoms with van der Waals surface area (Å²) in [4.78, 5) is 7.42. The minimum atomic E-state index is -3.93. The lowest BCUT2D eigenvalue weighted by Gasteiger charge is -2.13. The number of aromatic nitrogens is 3. The molecule has 2 aromatic heterocycles. The monoisotopic (exact) mass is 390 g/mol. The van der Waals surface area contributed by atoms with Gasteiger partial charge in [-0.25, -0.2) is 8.42 Å². The van der Waals surface area contributed by atoms with Crippen molar-refractivity contribution < 1.29 is 17.7 Å². The number of aromatic amines is 1. The van der Waals surface area contributed by atoms with Crippen molar-refractivity contribution >= 4 is 15.7 Å². The molecule has 3 rings (SSSR count). The number of H-pyrrole nitrogens is 1. The summed E-state index contributed by atoms with van der Waals surface area (Å²) < 4.78 is 39.8. The van der Waals surface area contributed by atoms with Crippen molar-refractivity contribution in [2.24, 2.45) is 0 Å². The molecule has 0 atom stereocenters. The molecule has 9 heteroatoms. The van der Waals surface area contributed by atoms with E-state index in [2.05, 4.69) is 19.8 Å². The van der Waals surface area contributed by atoms with E-state index in [4.69, 9.17) is 9.26 Å². The second kappa shape index (κ2) is 7.43. The van der Waals surface area contributed by atoms with Crippen LogP contribution in [0.3, 0.4) is 0 Å². The minimum absolute atomic E-state index is 0.0811. The third-order valence-corrected chi connectivity index (χ3v) is 5.55. The van der Waals surface area contributed by atoms with Crippen LogP contribution in [0.2, 0.25) is 0 Å². The molecule has 3 aromatic rings. The van der Waals surface area contributed by atoms with Gasteiger partial charge in [-0.15, -0.1) is 0 Å². The van der Waals surface area contributed by atoms with Crippen LogP contribution in [0, 0.1) is 13.8 Å². The summed E-state index contributed by atoms with van der Waals surface area (Å²) in [5.74, 6) is 1.15. The van der Waals surface area contributed by atoms with Crippen LogP contribution in [-0.2, 0) is 16.4 Å². The molecule has 0 unspecified atom stereocenters. The fourth-order valence-electron chi connectivity index (χ4n) is 2.88. The van der Waals surface area contributed by atoms with Crippen molar-refractivity contribution in [3.8, 4) is 17.2 Å². The molecule has 8 nitrogen and oxygen atoms in total. The summed E-state index contributed by atoms with van der Waals surface area (Å²) in [7, 11) is -3.93. The van der Waals surface area contributed by atoms with Crippen LogP contribution in [0.15, 0.2) is 33.7 Å². The number of para-hydroxylation sites is 2. The first kappa shape index (κ1) is 19.0. The number of aryl methyl sites for hydroxylation is 3. The second-order valence-electron chi connectivity index (χ2n) is 5.98. The van der Waals surface area contributed by atoms with Gasteiger partial charge >= 0.3 is 0 Å².